The van der Waals surface area contributed by atoms with Gasteiger partial charge in [-0.15, -0.1) is 4.83 Å². The van der Waals surface area contributed by atoms with E-state index < -0.39 is 16.0 Å². The van der Waals surface area contributed by atoms with Crippen molar-refractivity contribution < 1.29 is 8.42 Å². The number of nitrogens with two attached hydrogens (primary N) is 1. The Balaban J connectivity index is 3.55. The molecule has 0 amide bonds. The van der Waals surface area contributed by atoms with Gasteiger partial charge < -0.3 is 5.73 Å². The van der Waals surface area contributed by atoms with Crippen molar-refractivity contribution in [2.24, 2.45) is 5.73 Å². The molecule has 6 nitrogen and oxygen atoms in total. The predicted molar refractivity (Wildman–Crippen MR) is 65.3 cm³/mol. The van der Waals surface area contributed by atoms with Crippen molar-refractivity contribution in [1.82, 2.24) is 10.3 Å². The summed E-state index contributed by atoms with van der Waals surface area (Å²) in [7, 11) is -3.35. The first-order chi connectivity index (χ1) is 7.48. The highest BCUT2D eigenvalue weighted by molar-refractivity contribution is 7.89. The summed E-state index contributed by atoms with van der Waals surface area (Å²) in [6, 6.07) is 0. The van der Waals surface area contributed by atoms with Crippen LogP contribution in [0.15, 0.2) is 0 Å². The monoisotopic (exact) mass is 250 g/mol. The van der Waals surface area contributed by atoms with Crippen molar-refractivity contribution in [2.45, 2.75) is 45.4 Å². The molecule has 7 heteroatoms. The molecule has 0 unspecified atom stereocenters. The average Bonchev–Trinajstić information content (AvgIpc) is 2.21. The first-order valence-electron chi connectivity index (χ1n) is 5.57. The largest absolute Gasteiger partial charge is 0.369 e. The molecule has 0 fully saturated rings. The maximum atomic E-state index is 11.3. The van der Waals surface area contributed by atoms with Gasteiger partial charge in [0.15, 0.2) is 0 Å². The Kier molecular flexibility index (Phi) is 7.92. The molecule has 16 heavy (non-hydrogen) atoms. The number of nitrogens with one attached hydrogen (secondary N) is 3. The van der Waals surface area contributed by atoms with Gasteiger partial charge in [-0.2, -0.15) is 0 Å². The first-order valence-corrected chi connectivity index (χ1v) is 7.22. The summed E-state index contributed by atoms with van der Waals surface area (Å²) in [4.78, 5) is 2.03. The van der Waals surface area contributed by atoms with Gasteiger partial charge >= 0.3 is 0 Å². The van der Waals surface area contributed by atoms with Gasteiger partial charge in [0.1, 0.15) is 0 Å². The smallest absolute Gasteiger partial charge is 0.228 e. The Morgan fingerprint density at radius 3 is 2.31 bits per heavy atom. The lowest BCUT2D eigenvalue weighted by atomic mass is 10.1. The maximum absolute atomic E-state index is 11.3. The molecule has 0 aliphatic carbocycles. The number of guanidine groups is 1. The number of unbranched alkanes of at least 4 members (excludes halogenated alkanes) is 5. The molecule has 0 aliphatic rings. The van der Waals surface area contributed by atoms with Crippen LogP contribution in [0.3, 0.4) is 0 Å². The van der Waals surface area contributed by atoms with Crippen LogP contribution in [0.5, 0.6) is 0 Å². The number of hydrazine groups is 1. The molecule has 0 heterocycles. The number of hydrogen-bond acceptors (Lipinski definition) is 3. The highest BCUT2D eigenvalue weighted by atomic mass is 32.2. The van der Waals surface area contributed by atoms with E-state index >= 15 is 0 Å². The minimum Gasteiger partial charge on any atom is -0.369 e. The molecule has 0 aromatic heterocycles. The maximum Gasteiger partial charge on any atom is 0.228 e. The normalized spacial score (nSPS) is 11.3. The molecule has 5 N–H and O–H groups in total. The highest BCUT2D eigenvalue weighted by Gasteiger charge is 2.08. The van der Waals surface area contributed by atoms with E-state index in [2.05, 4.69) is 12.3 Å². The van der Waals surface area contributed by atoms with Crippen LogP contribution in [0.2, 0.25) is 0 Å². The SMILES string of the molecule is CCCCCCCCS(=O)(=O)NNC(=N)N. The Morgan fingerprint density at radius 1 is 1.19 bits per heavy atom. The van der Waals surface area contributed by atoms with Crippen molar-refractivity contribution in [2.75, 3.05) is 5.75 Å². The average molecular weight is 250 g/mol. The molecule has 96 valence electrons. The van der Waals surface area contributed by atoms with Crippen LogP contribution >= 0.6 is 0 Å². The lowest BCUT2D eigenvalue weighted by Gasteiger charge is -2.07. The quantitative estimate of drug-likeness (QED) is 0.209. The molecular weight excluding hydrogens is 228 g/mol. The summed E-state index contributed by atoms with van der Waals surface area (Å²) >= 11 is 0. The standard InChI is InChI=1S/C9H22N4O2S/c1-2-3-4-5-6-7-8-16(14,15)13-12-9(10)11/h13H,2-8H2,1H3,(H4,10,11,12). The third kappa shape index (κ3) is 9.72. The van der Waals surface area contributed by atoms with E-state index in [9.17, 15) is 8.42 Å². The van der Waals surface area contributed by atoms with Gasteiger partial charge in [0.25, 0.3) is 0 Å². The van der Waals surface area contributed by atoms with E-state index in [1.807, 2.05) is 4.83 Å². The van der Waals surface area contributed by atoms with Crippen molar-refractivity contribution >= 4 is 16.0 Å². The molecule has 0 aromatic carbocycles. The lowest BCUT2D eigenvalue weighted by Crippen LogP contribution is -2.45. The van der Waals surface area contributed by atoms with Gasteiger partial charge in [-0.25, -0.2) is 8.42 Å². The molecule has 0 radical (unpaired) electrons. The van der Waals surface area contributed by atoms with E-state index in [1.165, 1.54) is 12.8 Å². The second-order valence-electron chi connectivity index (χ2n) is 3.73. The molecule has 0 rings (SSSR count). The molecule has 0 aromatic rings. The molecule has 0 bridgehead atoms. The Hall–Kier alpha value is -0.820. The first kappa shape index (κ1) is 15.2. The number of sulfonamides is 1. The summed E-state index contributed by atoms with van der Waals surface area (Å²) in [5, 5.41) is 6.80. The predicted octanol–water partition coefficient (Wildman–Crippen LogP) is 0.664. The summed E-state index contributed by atoms with van der Waals surface area (Å²) in [5.74, 6) is -0.342. The number of hydrogen-bond donors (Lipinski definition) is 4. The van der Waals surface area contributed by atoms with Crippen LogP contribution in [-0.2, 0) is 10.0 Å². The fourth-order valence-corrected chi connectivity index (χ4v) is 2.21. The van der Waals surface area contributed by atoms with E-state index in [1.54, 1.807) is 0 Å². The fourth-order valence-electron chi connectivity index (χ4n) is 1.26. The highest BCUT2D eigenvalue weighted by Crippen LogP contribution is 2.05. The Bertz CT molecular complexity index is 290. The summed E-state index contributed by atoms with van der Waals surface area (Å²) in [6.07, 6.45) is 6.18. The van der Waals surface area contributed by atoms with Crippen LogP contribution in [-0.4, -0.2) is 20.1 Å². The van der Waals surface area contributed by atoms with Gasteiger partial charge in [0.05, 0.1) is 5.75 Å². The molecule has 0 aliphatic heterocycles. The van der Waals surface area contributed by atoms with Crippen LogP contribution in [0.25, 0.3) is 0 Å². The summed E-state index contributed by atoms with van der Waals surface area (Å²) in [6.45, 7) is 2.14. The van der Waals surface area contributed by atoms with Crippen LogP contribution in [0, 0.1) is 5.41 Å². The van der Waals surface area contributed by atoms with E-state index in [4.69, 9.17) is 11.1 Å². The van der Waals surface area contributed by atoms with E-state index in [0.29, 0.717) is 6.42 Å². The molecular formula is C9H22N4O2S. The van der Waals surface area contributed by atoms with E-state index in [0.717, 1.165) is 19.3 Å². The van der Waals surface area contributed by atoms with Crippen LogP contribution < -0.4 is 16.0 Å². The zero-order valence-electron chi connectivity index (χ0n) is 9.75. The van der Waals surface area contributed by atoms with Gasteiger partial charge in [-0.3, -0.25) is 10.8 Å². The van der Waals surface area contributed by atoms with Gasteiger partial charge in [0, 0.05) is 0 Å². The summed E-state index contributed by atoms with van der Waals surface area (Å²) in [5.41, 5.74) is 7.02. The van der Waals surface area contributed by atoms with Gasteiger partial charge in [-0.1, -0.05) is 39.0 Å². The second kappa shape index (κ2) is 8.35. The topological polar surface area (TPSA) is 108 Å². The summed E-state index contributed by atoms with van der Waals surface area (Å²) < 4.78 is 22.6. The lowest BCUT2D eigenvalue weighted by molar-refractivity contribution is 0.567. The minimum atomic E-state index is -3.35. The third-order valence-electron chi connectivity index (χ3n) is 2.11. The Morgan fingerprint density at radius 2 is 1.75 bits per heavy atom. The van der Waals surface area contributed by atoms with Crippen molar-refractivity contribution in [3.8, 4) is 0 Å². The van der Waals surface area contributed by atoms with Gasteiger partial charge in [0.2, 0.25) is 16.0 Å². The zero-order valence-corrected chi connectivity index (χ0v) is 10.6. The fraction of sp³-hybridized carbons (Fsp3) is 0.889. The van der Waals surface area contributed by atoms with Crippen molar-refractivity contribution in [1.29, 1.82) is 5.41 Å². The van der Waals surface area contributed by atoms with Crippen molar-refractivity contribution in [3.63, 3.8) is 0 Å². The van der Waals surface area contributed by atoms with Gasteiger partial charge in [-0.05, 0) is 6.42 Å². The molecule has 0 atom stereocenters. The minimum absolute atomic E-state index is 0.0689. The molecule has 0 saturated carbocycles. The van der Waals surface area contributed by atoms with E-state index in [-0.39, 0.29) is 5.75 Å². The molecule has 0 saturated heterocycles. The van der Waals surface area contributed by atoms with Crippen molar-refractivity contribution in [3.05, 3.63) is 0 Å². The zero-order chi connectivity index (χ0) is 12.4. The molecule has 0 spiro atoms. The van der Waals surface area contributed by atoms with Crippen LogP contribution in [0.1, 0.15) is 45.4 Å². The third-order valence-corrected chi connectivity index (χ3v) is 3.35. The second-order valence-corrected chi connectivity index (χ2v) is 5.57. The Labute approximate surface area is 97.5 Å². The van der Waals surface area contributed by atoms with Crippen LogP contribution in [0.4, 0.5) is 0 Å². The number of rotatable bonds is 9.